The van der Waals surface area contributed by atoms with Crippen molar-refractivity contribution in [2.75, 3.05) is 20.8 Å². The molecule has 1 fully saturated rings. The van der Waals surface area contributed by atoms with E-state index in [-0.39, 0.29) is 6.61 Å². The average molecular weight is 563 g/mol. The molecule has 0 amide bonds. The molecule has 0 saturated carbocycles. The molecule has 41 heavy (non-hydrogen) atoms. The first kappa shape index (κ1) is 28.3. The normalized spacial score (nSPS) is 22.4. The van der Waals surface area contributed by atoms with Crippen molar-refractivity contribution in [3.8, 4) is 11.5 Å². The number of methoxy groups -OCH3 is 2. The summed E-state index contributed by atoms with van der Waals surface area (Å²) in [5.74, 6) is 1.31. The summed E-state index contributed by atoms with van der Waals surface area (Å²) >= 11 is 0. The summed E-state index contributed by atoms with van der Waals surface area (Å²) in [6.07, 6.45) is -3.16. The Morgan fingerprint density at radius 2 is 1.44 bits per heavy atom. The SMILES string of the molecule is COc1ccc(C(OCC2OC(n3ccc(=O)[nH]c3=O)C(C)(F)C2O)(c2ccccc2)c2ccc(OC)cc2)cc1. The van der Waals surface area contributed by atoms with E-state index >= 15 is 4.39 Å². The topological polar surface area (TPSA) is 112 Å². The monoisotopic (exact) mass is 562 g/mol. The van der Waals surface area contributed by atoms with Gasteiger partial charge < -0.3 is 24.1 Å². The van der Waals surface area contributed by atoms with Crippen LogP contribution in [-0.4, -0.2) is 53.4 Å². The van der Waals surface area contributed by atoms with Crippen LogP contribution in [0, 0.1) is 0 Å². The van der Waals surface area contributed by atoms with Gasteiger partial charge in [0, 0.05) is 12.3 Å². The Hall–Kier alpha value is -4.25. The van der Waals surface area contributed by atoms with E-state index in [4.69, 9.17) is 18.9 Å². The molecular weight excluding hydrogens is 531 g/mol. The molecule has 0 bridgehead atoms. The third-order valence-electron chi connectivity index (χ3n) is 7.46. The largest absolute Gasteiger partial charge is 0.497 e. The van der Waals surface area contributed by atoms with E-state index in [0.717, 1.165) is 40.4 Å². The fourth-order valence-corrected chi connectivity index (χ4v) is 5.24. The summed E-state index contributed by atoms with van der Waals surface area (Å²) < 4.78 is 40.3. The lowest BCUT2D eigenvalue weighted by Gasteiger charge is -2.37. The summed E-state index contributed by atoms with van der Waals surface area (Å²) in [5.41, 5.74) is -2.79. The second-order valence-corrected chi connectivity index (χ2v) is 9.96. The molecule has 4 atom stereocenters. The number of hydrogen-bond donors (Lipinski definition) is 2. The average Bonchev–Trinajstić information content (AvgIpc) is 3.22. The maximum atomic E-state index is 15.9. The van der Waals surface area contributed by atoms with Gasteiger partial charge in [-0.05, 0) is 47.9 Å². The molecule has 214 valence electrons. The lowest BCUT2D eigenvalue weighted by molar-refractivity contribution is -0.0968. The van der Waals surface area contributed by atoms with Crippen molar-refractivity contribution in [3.63, 3.8) is 0 Å². The molecule has 1 saturated heterocycles. The summed E-state index contributed by atoms with van der Waals surface area (Å²) in [7, 11) is 3.16. The molecule has 2 heterocycles. The van der Waals surface area contributed by atoms with Crippen LogP contribution >= 0.6 is 0 Å². The van der Waals surface area contributed by atoms with Gasteiger partial charge in [0.1, 0.15) is 29.3 Å². The number of benzene rings is 3. The Labute approximate surface area is 235 Å². The van der Waals surface area contributed by atoms with Gasteiger partial charge in [-0.3, -0.25) is 14.3 Å². The minimum atomic E-state index is -2.37. The van der Waals surface area contributed by atoms with Gasteiger partial charge in [-0.15, -0.1) is 0 Å². The molecule has 0 spiro atoms. The van der Waals surface area contributed by atoms with E-state index in [2.05, 4.69) is 4.98 Å². The molecule has 2 N–H and O–H groups in total. The second kappa shape index (κ2) is 11.3. The summed E-state index contributed by atoms with van der Waals surface area (Å²) in [6, 6.07) is 25.4. The molecule has 4 aromatic rings. The van der Waals surface area contributed by atoms with Gasteiger partial charge >= 0.3 is 5.69 Å². The van der Waals surface area contributed by atoms with Gasteiger partial charge in [0.05, 0.1) is 20.8 Å². The first-order chi connectivity index (χ1) is 19.7. The summed E-state index contributed by atoms with van der Waals surface area (Å²) in [6.45, 7) is 0.902. The molecule has 5 rings (SSSR count). The Morgan fingerprint density at radius 1 is 0.902 bits per heavy atom. The van der Waals surface area contributed by atoms with Crippen molar-refractivity contribution < 1.29 is 28.4 Å². The Kier molecular flexibility index (Phi) is 7.81. The van der Waals surface area contributed by atoms with Crippen molar-refractivity contribution in [1.29, 1.82) is 0 Å². The first-order valence-electron chi connectivity index (χ1n) is 13.0. The standard InChI is InChI=1S/C31H31FN2O7/c1-30(32)27(36)25(41-28(30)34-18-17-26(35)33-29(34)37)19-40-31(20-7-5-4-6-8-20,21-9-13-23(38-2)14-10-21)22-11-15-24(39-3)16-12-22/h4-18,25,27-28,36H,19H2,1-3H3,(H,33,35,37). The zero-order chi connectivity index (χ0) is 29.2. The number of rotatable bonds is 9. The van der Waals surface area contributed by atoms with E-state index in [0.29, 0.717) is 11.5 Å². The van der Waals surface area contributed by atoms with Gasteiger partial charge in [0.15, 0.2) is 11.9 Å². The van der Waals surface area contributed by atoms with Crippen molar-refractivity contribution in [1.82, 2.24) is 9.55 Å². The third-order valence-corrected chi connectivity index (χ3v) is 7.46. The molecule has 0 aliphatic carbocycles. The van der Waals surface area contributed by atoms with E-state index in [9.17, 15) is 14.7 Å². The van der Waals surface area contributed by atoms with Gasteiger partial charge in [-0.1, -0.05) is 54.6 Å². The second-order valence-electron chi connectivity index (χ2n) is 9.96. The molecule has 3 aromatic carbocycles. The number of nitrogens with zero attached hydrogens (tertiary/aromatic N) is 1. The molecule has 0 radical (unpaired) electrons. The highest BCUT2D eigenvalue weighted by Crippen LogP contribution is 2.45. The number of alkyl halides is 1. The predicted molar refractivity (Wildman–Crippen MR) is 149 cm³/mol. The van der Waals surface area contributed by atoms with Crippen LogP contribution in [0.15, 0.2) is 101 Å². The van der Waals surface area contributed by atoms with E-state index in [1.807, 2.05) is 78.9 Å². The maximum Gasteiger partial charge on any atom is 0.330 e. The zero-order valence-electron chi connectivity index (χ0n) is 22.8. The molecule has 9 nitrogen and oxygen atoms in total. The Morgan fingerprint density at radius 3 is 1.95 bits per heavy atom. The quantitative estimate of drug-likeness (QED) is 0.300. The molecule has 4 unspecified atom stereocenters. The lowest BCUT2D eigenvalue weighted by Crippen LogP contribution is -2.44. The lowest BCUT2D eigenvalue weighted by atomic mass is 9.80. The zero-order valence-corrected chi connectivity index (χ0v) is 22.8. The van der Waals surface area contributed by atoms with Gasteiger partial charge in [0.2, 0.25) is 0 Å². The van der Waals surface area contributed by atoms with E-state index in [1.165, 1.54) is 0 Å². The number of aromatic amines is 1. The highest BCUT2D eigenvalue weighted by molar-refractivity contribution is 5.49. The maximum absolute atomic E-state index is 15.9. The van der Waals surface area contributed by atoms with Gasteiger partial charge in [-0.25, -0.2) is 9.18 Å². The number of aliphatic hydroxyl groups excluding tert-OH is 1. The van der Waals surface area contributed by atoms with Crippen molar-refractivity contribution in [2.24, 2.45) is 0 Å². The number of aliphatic hydroxyl groups is 1. The minimum absolute atomic E-state index is 0.248. The van der Waals surface area contributed by atoms with Crippen LogP contribution in [-0.2, 0) is 15.1 Å². The number of aromatic nitrogens is 2. The first-order valence-corrected chi connectivity index (χ1v) is 13.0. The number of ether oxygens (including phenoxy) is 4. The van der Waals surface area contributed by atoms with Crippen LogP contribution in [0.5, 0.6) is 11.5 Å². The van der Waals surface area contributed by atoms with Gasteiger partial charge in [0.25, 0.3) is 5.56 Å². The Bertz CT molecular complexity index is 1540. The highest BCUT2D eigenvalue weighted by Gasteiger charge is 2.56. The minimum Gasteiger partial charge on any atom is -0.497 e. The molecule has 1 aromatic heterocycles. The predicted octanol–water partition coefficient (Wildman–Crippen LogP) is 3.55. The van der Waals surface area contributed by atoms with Crippen LogP contribution in [0.2, 0.25) is 0 Å². The molecule has 1 aliphatic rings. The van der Waals surface area contributed by atoms with Crippen molar-refractivity contribution in [3.05, 3.63) is 129 Å². The van der Waals surface area contributed by atoms with E-state index < -0.39 is 41.0 Å². The molecule has 10 heteroatoms. The fourth-order valence-electron chi connectivity index (χ4n) is 5.24. The summed E-state index contributed by atoms with van der Waals surface area (Å²) in [4.78, 5) is 26.1. The van der Waals surface area contributed by atoms with Crippen LogP contribution < -0.4 is 20.7 Å². The van der Waals surface area contributed by atoms with Crippen LogP contribution in [0.1, 0.15) is 29.8 Å². The van der Waals surface area contributed by atoms with E-state index in [1.54, 1.807) is 14.2 Å². The molecule has 1 aliphatic heterocycles. The van der Waals surface area contributed by atoms with Crippen molar-refractivity contribution in [2.45, 2.75) is 36.6 Å². The van der Waals surface area contributed by atoms with Gasteiger partial charge in [-0.2, -0.15) is 0 Å². The third kappa shape index (κ3) is 5.17. The van der Waals surface area contributed by atoms with Crippen LogP contribution in [0.3, 0.4) is 0 Å². The van der Waals surface area contributed by atoms with Crippen LogP contribution in [0.25, 0.3) is 0 Å². The summed E-state index contributed by atoms with van der Waals surface area (Å²) in [5, 5.41) is 11.0. The number of hydrogen-bond acceptors (Lipinski definition) is 7. The molecular formula is C31H31FN2O7. The fraction of sp³-hybridized carbons (Fsp3) is 0.290. The van der Waals surface area contributed by atoms with Crippen molar-refractivity contribution >= 4 is 0 Å². The Balaban J connectivity index is 1.58. The number of halogens is 1. The smallest absolute Gasteiger partial charge is 0.330 e. The highest BCUT2D eigenvalue weighted by atomic mass is 19.1. The van der Waals surface area contributed by atoms with Crippen LogP contribution in [0.4, 0.5) is 4.39 Å². The number of nitrogens with one attached hydrogen (secondary N) is 1. The number of H-pyrrole nitrogens is 1.